The molecule has 0 radical (unpaired) electrons. The van der Waals surface area contributed by atoms with Crippen LogP contribution in [0.2, 0.25) is 5.02 Å². The van der Waals surface area contributed by atoms with Gasteiger partial charge in [-0.3, -0.25) is 9.59 Å². The molecule has 0 aliphatic rings. The Hall–Kier alpha value is -2.37. The van der Waals surface area contributed by atoms with Crippen molar-refractivity contribution in [2.45, 2.75) is 13.1 Å². The molecule has 0 spiro atoms. The molecular formula is C18H19ClN2O3. The molecule has 0 heterocycles. The first kappa shape index (κ1) is 18.0. The van der Waals surface area contributed by atoms with Crippen molar-refractivity contribution >= 4 is 23.4 Å². The number of hydrogen-bond acceptors (Lipinski definition) is 3. The predicted octanol–water partition coefficient (Wildman–Crippen LogP) is 1.98. The molecule has 0 saturated heterocycles. The van der Waals surface area contributed by atoms with Crippen LogP contribution in [0.3, 0.4) is 0 Å². The number of nitrogens with zero attached hydrogens (tertiary/aromatic N) is 1. The van der Waals surface area contributed by atoms with E-state index in [1.165, 1.54) is 4.90 Å². The number of aliphatic hydroxyl groups excluding tert-OH is 1. The Labute approximate surface area is 145 Å². The third-order valence-electron chi connectivity index (χ3n) is 3.46. The highest BCUT2D eigenvalue weighted by atomic mass is 35.5. The molecule has 2 aromatic carbocycles. The van der Waals surface area contributed by atoms with Gasteiger partial charge in [-0.25, -0.2) is 0 Å². The maximum atomic E-state index is 12.3. The number of rotatable bonds is 6. The van der Waals surface area contributed by atoms with Crippen LogP contribution in [0.15, 0.2) is 54.6 Å². The van der Waals surface area contributed by atoms with Crippen molar-refractivity contribution in [2.75, 3.05) is 13.2 Å². The van der Waals surface area contributed by atoms with Crippen LogP contribution in [-0.2, 0) is 22.7 Å². The summed E-state index contributed by atoms with van der Waals surface area (Å²) in [6, 6.07) is 16.4. The van der Waals surface area contributed by atoms with Crippen LogP contribution in [0.1, 0.15) is 11.1 Å². The Kier molecular flexibility index (Phi) is 6.78. The third kappa shape index (κ3) is 5.08. The number of benzene rings is 2. The zero-order chi connectivity index (χ0) is 17.4. The van der Waals surface area contributed by atoms with Gasteiger partial charge in [0.15, 0.2) is 0 Å². The van der Waals surface area contributed by atoms with Gasteiger partial charge in [-0.1, -0.05) is 60.1 Å². The van der Waals surface area contributed by atoms with E-state index in [-0.39, 0.29) is 26.2 Å². The first-order valence-electron chi connectivity index (χ1n) is 7.57. The molecule has 24 heavy (non-hydrogen) atoms. The van der Waals surface area contributed by atoms with E-state index in [0.29, 0.717) is 5.02 Å². The van der Waals surface area contributed by atoms with Gasteiger partial charge in [0.05, 0.1) is 6.61 Å². The van der Waals surface area contributed by atoms with Crippen molar-refractivity contribution in [1.29, 1.82) is 0 Å². The second kappa shape index (κ2) is 9.05. The van der Waals surface area contributed by atoms with Crippen LogP contribution in [0.4, 0.5) is 0 Å². The summed E-state index contributed by atoms with van der Waals surface area (Å²) in [5.74, 6) is -1.40. The molecule has 0 bridgehead atoms. The molecule has 0 unspecified atom stereocenters. The molecular weight excluding hydrogens is 328 g/mol. The van der Waals surface area contributed by atoms with E-state index in [2.05, 4.69) is 5.32 Å². The van der Waals surface area contributed by atoms with E-state index in [9.17, 15) is 9.59 Å². The Morgan fingerprint density at radius 2 is 1.71 bits per heavy atom. The highest BCUT2D eigenvalue weighted by Gasteiger charge is 2.21. The highest BCUT2D eigenvalue weighted by Crippen LogP contribution is 2.14. The summed E-state index contributed by atoms with van der Waals surface area (Å²) < 4.78 is 0. The fourth-order valence-electron chi connectivity index (χ4n) is 2.21. The maximum absolute atomic E-state index is 12.3. The third-order valence-corrected chi connectivity index (χ3v) is 3.83. The smallest absolute Gasteiger partial charge is 0.312 e. The SMILES string of the molecule is O=C(NCc1ccccc1Cl)C(=O)N(CCO)Cc1ccccc1. The lowest BCUT2D eigenvalue weighted by molar-refractivity contribution is -0.146. The molecule has 2 N–H and O–H groups in total. The number of amides is 2. The zero-order valence-corrected chi connectivity index (χ0v) is 13.9. The standard InChI is InChI=1S/C18H19ClN2O3/c19-16-9-5-4-8-15(16)12-20-17(23)18(24)21(10-11-22)13-14-6-2-1-3-7-14/h1-9,22H,10-13H2,(H,20,23). The Morgan fingerprint density at radius 1 is 1.04 bits per heavy atom. The summed E-state index contributed by atoms with van der Waals surface area (Å²) in [5, 5.41) is 12.2. The number of carbonyl (C=O) groups excluding carboxylic acids is 2. The summed E-state index contributed by atoms with van der Waals surface area (Å²) in [6.45, 7) is 0.311. The summed E-state index contributed by atoms with van der Waals surface area (Å²) >= 11 is 6.03. The Balaban J connectivity index is 1.98. The first-order chi connectivity index (χ1) is 11.6. The van der Waals surface area contributed by atoms with E-state index in [1.54, 1.807) is 18.2 Å². The van der Waals surface area contributed by atoms with Crippen molar-refractivity contribution in [1.82, 2.24) is 10.2 Å². The molecule has 0 saturated carbocycles. The van der Waals surface area contributed by atoms with Crippen LogP contribution in [0, 0.1) is 0 Å². The van der Waals surface area contributed by atoms with Gasteiger partial charge in [-0.15, -0.1) is 0 Å². The minimum atomic E-state index is -0.723. The molecule has 2 rings (SSSR count). The van der Waals surface area contributed by atoms with Gasteiger partial charge in [-0.2, -0.15) is 0 Å². The lowest BCUT2D eigenvalue weighted by Gasteiger charge is -2.21. The maximum Gasteiger partial charge on any atom is 0.312 e. The molecule has 126 valence electrons. The topological polar surface area (TPSA) is 69.6 Å². The van der Waals surface area contributed by atoms with E-state index in [1.807, 2.05) is 36.4 Å². The lowest BCUT2D eigenvalue weighted by atomic mass is 10.2. The number of carbonyl (C=O) groups is 2. The highest BCUT2D eigenvalue weighted by molar-refractivity contribution is 6.35. The van der Waals surface area contributed by atoms with Crippen molar-refractivity contribution in [3.8, 4) is 0 Å². The monoisotopic (exact) mass is 346 g/mol. The van der Waals surface area contributed by atoms with E-state index in [0.717, 1.165) is 11.1 Å². The first-order valence-corrected chi connectivity index (χ1v) is 7.95. The van der Waals surface area contributed by atoms with Crippen LogP contribution >= 0.6 is 11.6 Å². The molecule has 0 fully saturated rings. The van der Waals surface area contributed by atoms with Crippen LogP contribution < -0.4 is 5.32 Å². The number of aliphatic hydroxyl groups is 1. The average Bonchev–Trinajstić information content (AvgIpc) is 2.60. The van der Waals surface area contributed by atoms with Gasteiger partial charge < -0.3 is 15.3 Å². The Morgan fingerprint density at radius 3 is 2.38 bits per heavy atom. The minimum Gasteiger partial charge on any atom is -0.395 e. The van der Waals surface area contributed by atoms with E-state index >= 15 is 0 Å². The van der Waals surface area contributed by atoms with Gasteiger partial charge in [-0.05, 0) is 17.2 Å². The molecule has 6 heteroatoms. The van der Waals surface area contributed by atoms with Crippen molar-refractivity contribution in [2.24, 2.45) is 0 Å². The Bertz CT molecular complexity index is 692. The van der Waals surface area contributed by atoms with Crippen LogP contribution in [0.25, 0.3) is 0 Å². The van der Waals surface area contributed by atoms with Gasteiger partial charge in [0.2, 0.25) is 0 Å². The number of nitrogens with one attached hydrogen (secondary N) is 1. The summed E-state index contributed by atoms with van der Waals surface area (Å²) in [5.41, 5.74) is 1.62. The van der Waals surface area contributed by atoms with Crippen molar-refractivity contribution in [3.05, 3.63) is 70.7 Å². The van der Waals surface area contributed by atoms with Crippen LogP contribution in [0.5, 0.6) is 0 Å². The summed E-state index contributed by atoms with van der Waals surface area (Å²) in [7, 11) is 0. The van der Waals surface area contributed by atoms with E-state index in [4.69, 9.17) is 16.7 Å². The zero-order valence-electron chi connectivity index (χ0n) is 13.1. The summed E-state index contributed by atoms with van der Waals surface area (Å²) in [6.07, 6.45) is 0. The van der Waals surface area contributed by atoms with Gasteiger partial charge in [0.25, 0.3) is 0 Å². The lowest BCUT2D eigenvalue weighted by Crippen LogP contribution is -2.43. The minimum absolute atomic E-state index is 0.0905. The quantitative estimate of drug-likeness (QED) is 0.786. The molecule has 0 aliphatic heterocycles. The predicted molar refractivity (Wildman–Crippen MR) is 92.2 cm³/mol. The molecule has 2 amide bonds. The molecule has 0 aromatic heterocycles. The van der Waals surface area contributed by atoms with Crippen molar-refractivity contribution < 1.29 is 14.7 Å². The second-order valence-corrected chi connectivity index (χ2v) is 5.62. The number of hydrogen-bond donors (Lipinski definition) is 2. The van der Waals surface area contributed by atoms with Gasteiger partial charge in [0, 0.05) is 24.7 Å². The fraction of sp³-hybridized carbons (Fsp3) is 0.222. The van der Waals surface area contributed by atoms with Crippen molar-refractivity contribution in [3.63, 3.8) is 0 Å². The van der Waals surface area contributed by atoms with Gasteiger partial charge >= 0.3 is 11.8 Å². The van der Waals surface area contributed by atoms with Crippen LogP contribution in [-0.4, -0.2) is 35.0 Å². The van der Waals surface area contributed by atoms with Gasteiger partial charge in [0.1, 0.15) is 0 Å². The fourth-order valence-corrected chi connectivity index (χ4v) is 2.42. The number of halogens is 1. The second-order valence-electron chi connectivity index (χ2n) is 5.21. The molecule has 2 aromatic rings. The largest absolute Gasteiger partial charge is 0.395 e. The van der Waals surface area contributed by atoms with E-state index < -0.39 is 11.8 Å². The summed E-state index contributed by atoms with van der Waals surface area (Å²) in [4.78, 5) is 25.7. The molecule has 0 aliphatic carbocycles. The average molecular weight is 347 g/mol. The molecule has 5 nitrogen and oxygen atoms in total. The normalized spacial score (nSPS) is 10.2. The molecule has 0 atom stereocenters.